The highest BCUT2D eigenvalue weighted by Crippen LogP contribution is 2.51. The second-order valence-corrected chi connectivity index (χ2v) is 14.6. The SMILES string of the molecule is c1ccc(C2(c3ccccc3)CCc3ccccc32)cc1.c1ccc2c(c1)CCC2(CC1CCCCC1)CC1CCCCC1. The molecular weight excluding hydrogens is 528 g/mol. The van der Waals surface area contributed by atoms with Gasteiger partial charge in [-0.3, -0.25) is 0 Å². The minimum atomic E-state index is 0.0130. The molecule has 4 aromatic rings. The van der Waals surface area contributed by atoms with E-state index < -0.39 is 0 Å². The zero-order chi connectivity index (χ0) is 29.7. The molecule has 4 aromatic carbocycles. The molecule has 8 rings (SSSR count). The highest BCUT2D eigenvalue weighted by atomic mass is 14.5. The molecule has 2 fully saturated rings. The topological polar surface area (TPSA) is 0 Å². The molecule has 0 amide bonds. The fraction of sp³-hybridized carbons (Fsp3) is 0.455. The summed E-state index contributed by atoms with van der Waals surface area (Å²) in [5.41, 5.74) is 9.77. The Morgan fingerprint density at radius 2 is 0.864 bits per heavy atom. The molecule has 44 heavy (non-hydrogen) atoms. The van der Waals surface area contributed by atoms with Crippen LogP contribution in [0.4, 0.5) is 0 Å². The van der Waals surface area contributed by atoms with Gasteiger partial charge in [0.2, 0.25) is 0 Å². The first kappa shape index (κ1) is 29.6. The molecule has 0 saturated heterocycles. The minimum absolute atomic E-state index is 0.0130. The zero-order valence-corrected chi connectivity index (χ0v) is 26.9. The van der Waals surface area contributed by atoms with E-state index in [2.05, 4.69) is 109 Å². The summed E-state index contributed by atoms with van der Waals surface area (Å²) in [7, 11) is 0. The standard InChI is InChI=1S/C23H34.C21H18/c1-3-9-19(10-4-1)17-23(18-20-11-5-2-6-12-20)16-15-21-13-7-8-14-22(21)23;1-3-10-18(11-4-1)21(19-12-5-2-6-13-19)16-15-17-9-7-8-14-20(17)21/h7-8,13-14,19-20H,1-6,9-12,15-18H2;1-14H,15-16H2. The van der Waals surface area contributed by atoms with E-state index >= 15 is 0 Å². The van der Waals surface area contributed by atoms with Gasteiger partial charge in [0.1, 0.15) is 0 Å². The van der Waals surface area contributed by atoms with Crippen molar-refractivity contribution in [1.29, 1.82) is 0 Å². The van der Waals surface area contributed by atoms with Gasteiger partial charge in [0.15, 0.2) is 0 Å². The van der Waals surface area contributed by atoms with E-state index in [1.54, 1.807) is 11.1 Å². The first-order chi connectivity index (χ1) is 21.8. The Hall–Kier alpha value is -3.12. The third-order valence-electron chi connectivity index (χ3n) is 12.0. The van der Waals surface area contributed by atoms with Gasteiger partial charge in [-0.25, -0.2) is 0 Å². The van der Waals surface area contributed by atoms with Crippen molar-refractivity contribution in [3.05, 3.63) is 143 Å². The molecule has 0 bridgehead atoms. The summed E-state index contributed by atoms with van der Waals surface area (Å²) in [5.74, 6) is 2.02. The first-order valence-corrected chi connectivity index (χ1v) is 18.0. The largest absolute Gasteiger partial charge is 0.0622 e. The second-order valence-electron chi connectivity index (χ2n) is 14.6. The Balaban J connectivity index is 0.000000143. The van der Waals surface area contributed by atoms with E-state index in [1.807, 2.05) is 0 Å². The van der Waals surface area contributed by atoms with Gasteiger partial charge in [0.25, 0.3) is 0 Å². The van der Waals surface area contributed by atoms with Crippen molar-refractivity contribution in [3.8, 4) is 0 Å². The van der Waals surface area contributed by atoms with Crippen LogP contribution in [0.1, 0.15) is 123 Å². The van der Waals surface area contributed by atoms with Crippen LogP contribution in [-0.4, -0.2) is 0 Å². The Bertz CT molecular complexity index is 1410. The van der Waals surface area contributed by atoms with Crippen LogP contribution in [0.3, 0.4) is 0 Å². The Labute approximate surface area is 267 Å². The summed E-state index contributed by atoms with van der Waals surface area (Å²) < 4.78 is 0. The van der Waals surface area contributed by atoms with Crippen LogP contribution >= 0.6 is 0 Å². The van der Waals surface area contributed by atoms with E-state index in [1.165, 1.54) is 112 Å². The summed E-state index contributed by atoms with van der Waals surface area (Å²) in [6.45, 7) is 0. The third-order valence-corrected chi connectivity index (χ3v) is 12.0. The van der Waals surface area contributed by atoms with E-state index in [4.69, 9.17) is 0 Å². The van der Waals surface area contributed by atoms with Crippen LogP contribution in [0, 0.1) is 11.8 Å². The Morgan fingerprint density at radius 3 is 1.41 bits per heavy atom. The van der Waals surface area contributed by atoms with Crippen molar-refractivity contribution in [3.63, 3.8) is 0 Å². The summed E-state index contributed by atoms with van der Waals surface area (Å²) in [6.07, 6.45) is 23.1. The molecule has 0 aromatic heterocycles. The van der Waals surface area contributed by atoms with Crippen molar-refractivity contribution in [2.75, 3.05) is 0 Å². The van der Waals surface area contributed by atoms with Gasteiger partial charge in [0.05, 0.1) is 0 Å². The van der Waals surface area contributed by atoms with Gasteiger partial charge in [0, 0.05) is 5.41 Å². The smallest absolute Gasteiger partial charge is 0.0457 e. The van der Waals surface area contributed by atoms with Crippen LogP contribution in [0.15, 0.2) is 109 Å². The first-order valence-electron chi connectivity index (χ1n) is 18.0. The normalized spacial score (nSPS) is 20.7. The fourth-order valence-corrected chi connectivity index (χ4v) is 9.98. The Kier molecular flexibility index (Phi) is 9.06. The minimum Gasteiger partial charge on any atom is -0.0622 e. The van der Waals surface area contributed by atoms with Crippen LogP contribution in [0.25, 0.3) is 0 Å². The monoisotopic (exact) mass is 580 g/mol. The van der Waals surface area contributed by atoms with E-state index in [0.717, 1.165) is 24.7 Å². The van der Waals surface area contributed by atoms with Crippen LogP contribution < -0.4 is 0 Å². The number of hydrogen-bond acceptors (Lipinski definition) is 0. The lowest BCUT2D eigenvalue weighted by molar-refractivity contribution is 0.195. The molecule has 0 heteroatoms. The number of benzene rings is 4. The molecule has 0 aliphatic heterocycles. The summed E-state index contributed by atoms with van der Waals surface area (Å²) >= 11 is 0. The lowest BCUT2D eigenvalue weighted by Crippen LogP contribution is -2.31. The number of hydrogen-bond donors (Lipinski definition) is 0. The van der Waals surface area contributed by atoms with Gasteiger partial charge in [-0.1, -0.05) is 173 Å². The molecular formula is C44H52. The van der Waals surface area contributed by atoms with Gasteiger partial charge in [-0.2, -0.15) is 0 Å². The van der Waals surface area contributed by atoms with Crippen molar-refractivity contribution >= 4 is 0 Å². The van der Waals surface area contributed by atoms with Crippen molar-refractivity contribution in [2.24, 2.45) is 11.8 Å². The number of fused-ring (bicyclic) bond motifs is 2. The third kappa shape index (κ3) is 5.94. The fourth-order valence-electron chi connectivity index (χ4n) is 9.98. The molecule has 0 heterocycles. The molecule has 4 aliphatic carbocycles. The number of aryl methyl sites for hydroxylation is 2. The second kappa shape index (κ2) is 13.5. The van der Waals surface area contributed by atoms with Crippen LogP contribution in [0.5, 0.6) is 0 Å². The molecule has 0 spiro atoms. The predicted octanol–water partition coefficient (Wildman–Crippen LogP) is 11.8. The molecule has 4 aliphatic rings. The van der Waals surface area contributed by atoms with Gasteiger partial charge < -0.3 is 0 Å². The van der Waals surface area contributed by atoms with Crippen LogP contribution in [0.2, 0.25) is 0 Å². The van der Waals surface area contributed by atoms with Crippen molar-refractivity contribution in [1.82, 2.24) is 0 Å². The van der Waals surface area contributed by atoms with Crippen molar-refractivity contribution < 1.29 is 0 Å². The predicted molar refractivity (Wildman–Crippen MR) is 186 cm³/mol. The van der Waals surface area contributed by atoms with Gasteiger partial charge >= 0.3 is 0 Å². The molecule has 228 valence electrons. The van der Waals surface area contributed by atoms with Crippen LogP contribution in [-0.2, 0) is 23.7 Å². The summed E-state index contributed by atoms with van der Waals surface area (Å²) in [6, 6.07) is 40.3. The van der Waals surface area contributed by atoms with Gasteiger partial charge in [-0.15, -0.1) is 0 Å². The number of rotatable bonds is 6. The molecule has 2 saturated carbocycles. The van der Waals surface area contributed by atoms with Crippen molar-refractivity contribution in [2.45, 2.75) is 114 Å². The molecule has 0 atom stereocenters. The maximum Gasteiger partial charge on any atom is 0.0457 e. The zero-order valence-electron chi connectivity index (χ0n) is 26.9. The van der Waals surface area contributed by atoms with E-state index in [-0.39, 0.29) is 5.41 Å². The van der Waals surface area contributed by atoms with Gasteiger partial charge in [-0.05, 0) is 89.2 Å². The molecule has 0 radical (unpaired) electrons. The highest BCUT2D eigenvalue weighted by molar-refractivity contribution is 5.56. The molecule has 0 N–H and O–H groups in total. The summed E-state index contributed by atoms with van der Waals surface area (Å²) in [4.78, 5) is 0. The molecule has 0 unspecified atom stereocenters. The average Bonchev–Trinajstić information content (AvgIpc) is 3.67. The summed E-state index contributed by atoms with van der Waals surface area (Å²) in [5, 5.41) is 0. The Morgan fingerprint density at radius 1 is 0.432 bits per heavy atom. The maximum absolute atomic E-state index is 2.49. The average molecular weight is 581 g/mol. The lowest BCUT2D eigenvalue weighted by Gasteiger charge is -2.39. The highest BCUT2D eigenvalue weighted by Gasteiger charge is 2.42. The molecule has 0 nitrogen and oxygen atoms in total. The quantitative estimate of drug-likeness (QED) is 0.213. The van der Waals surface area contributed by atoms with E-state index in [9.17, 15) is 0 Å². The lowest BCUT2D eigenvalue weighted by atomic mass is 9.65. The maximum atomic E-state index is 2.49. The van der Waals surface area contributed by atoms with E-state index in [0.29, 0.717) is 5.41 Å².